The number of amides is 2. The molecule has 1 aromatic carbocycles. The number of rotatable bonds is 3. The van der Waals surface area contributed by atoms with E-state index in [1.807, 2.05) is 20.8 Å². The molecule has 1 heterocycles. The number of hydrogen-bond acceptors (Lipinski definition) is 2. The molecule has 0 radical (unpaired) electrons. The highest BCUT2D eigenvalue weighted by atomic mass is 35.5. The van der Waals surface area contributed by atoms with Crippen LogP contribution in [0, 0.1) is 5.92 Å². The highest BCUT2D eigenvalue weighted by molar-refractivity contribution is 6.42. The minimum Gasteiger partial charge on any atom is -0.349 e. The second-order valence-corrected chi connectivity index (χ2v) is 8.83. The van der Waals surface area contributed by atoms with Crippen molar-refractivity contribution in [3.05, 3.63) is 33.8 Å². The first-order valence-electron chi connectivity index (χ1n) is 8.78. The molecule has 1 aliphatic heterocycles. The van der Waals surface area contributed by atoms with Gasteiger partial charge in [-0.05, 0) is 51.3 Å². The van der Waals surface area contributed by atoms with Crippen LogP contribution in [0.15, 0.2) is 18.2 Å². The third kappa shape index (κ3) is 3.65. The zero-order valence-corrected chi connectivity index (χ0v) is 16.3. The summed E-state index contributed by atoms with van der Waals surface area (Å²) < 4.78 is 0. The Morgan fingerprint density at radius 3 is 2.52 bits per heavy atom. The fraction of sp³-hybridized carbons (Fsp3) is 0.579. The number of nitrogens with zero attached hydrogens (tertiary/aromatic N) is 1. The molecule has 2 amide bonds. The largest absolute Gasteiger partial charge is 0.349 e. The number of benzene rings is 1. The molecule has 1 aliphatic carbocycles. The summed E-state index contributed by atoms with van der Waals surface area (Å²) in [5.41, 5.74) is 0.319. The molecule has 1 aromatic rings. The van der Waals surface area contributed by atoms with E-state index in [0.717, 1.165) is 25.7 Å². The first-order chi connectivity index (χ1) is 11.7. The van der Waals surface area contributed by atoms with E-state index in [0.29, 0.717) is 15.6 Å². The molecule has 0 aromatic heterocycles. The highest BCUT2D eigenvalue weighted by Crippen LogP contribution is 2.44. The van der Waals surface area contributed by atoms with Crippen LogP contribution in [0.1, 0.15) is 58.1 Å². The summed E-state index contributed by atoms with van der Waals surface area (Å²) in [4.78, 5) is 27.5. The molecular weight excluding hydrogens is 359 g/mol. The summed E-state index contributed by atoms with van der Waals surface area (Å²) in [6.07, 6.45) is 4.07. The predicted octanol–water partition coefficient (Wildman–Crippen LogP) is 4.35. The Labute approximate surface area is 158 Å². The van der Waals surface area contributed by atoms with Crippen molar-refractivity contribution in [3.8, 4) is 0 Å². The van der Waals surface area contributed by atoms with Crippen LogP contribution >= 0.6 is 23.2 Å². The van der Waals surface area contributed by atoms with Crippen LogP contribution in [-0.2, 0) is 9.59 Å². The topological polar surface area (TPSA) is 49.4 Å². The third-order valence-corrected chi connectivity index (χ3v) is 5.68. The van der Waals surface area contributed by atoms with Crippen LogP contribution < -0.4 is 5.32 Å². The zero-order chi connectivity index (χ0) is 18.4. The molecule has 1 saturated carbocycles. The number of hydrogen-bond donors (Lipinski definition) is 1. The Morgan fingerprint density at radius 2 is 1.88 bits per heavy atom. The first kappa shape index (κ1) is 18.5. The van der Waals surface area contributed by atoms with Crippen LogP contribution in [-0.4, -0.2) is 28.3 Å². The SMILES string of the molecule is CC(C)(C)NC(=O)C(c1ccc(Cl)c(Cl)c1)N1C(=O)[C@@H]2CCCC[C@@H]21. The van der Waals surface area contributed by atoms with Gasteiger partial charge in [0, 0.05) is 11.6 Å². The number of nitrogens with one attached hydrogen (secondary N) is 1. The summed E-state index contributed by atoms with van der Waals surface area (Å²) in [6.45, 7) is 5.79. The molecule has 2 aliphatic rings. The van der Waals surface area contributed by atoms with E-state index in [2.05, 4.69) is 5.32 Å². The average molecular weight is 383 g/mol. The molecule has 136 valence electrons. The minimum absolute atomic E-state index is 0.0708. The number of fused-ring (bicyclic) bond motifs is 1. The van der Waals surface area contributed by atoms with Gasteiger partial charge in [-0.1, -0.05) is 42.1 Å². The van der Waals surface area contributed by atoms with Gasteiger partial charge in [-0.2, -0.15) is 0 Å². The second-order valence-electron chi connectivity index (χ2n) is 8.02. The number of halogens is 2. The van der Waals surface area contributed by atoms with Crippen molar-refractivity contribution in [1.82, 2.24) is 10.2 Å². The maximum Gasteiger partial charge on any atom is 0.247 e. The fourth-order valence-electron chi connectivity index (χ4n) is 3.88. The van der Waals surface area contributed by atoms with Crippen molar-refractivity contribution in [3.63, 3.8) is 0 Å². The first-order valence-corrected chi connectivity index (χ1v) is 9.54. The molecule has 25 heavy (non-hydrogen) atoms. The van der Waals surface area contributed by atoms with Crippen LogP contribution in [0.2, 0.25) is 10.0 Å². The Hall–Kier alpha value is -1.26. The van der Waals surface area contributed by atoms with Gasteiger partial charge in [0.15, 0.2) is 0 Å². The van der Waals surface area contributed by atoms with Gasteiger partial charge < -0.3 is 10.2 Å². The average Bonchev–Trinajstić information content (AvgIpc) is 2.53. The van der Waals surface area contributed by atoms with Crippen molar-refractivity contribution in [2.45, 2.75) is 64.1 Å². The summed E-state index contributed by atoms with van der Waals surface area (Å²) in [5.74, 6) is -0.0328. The Kier molecular flexibility index (Phi) is 5.04. The van der Waals surface area contributed by atoms with Crippen LogP contribution in [0.4, 0.5) is 0 Å². The minimum atomic E-state index is -0.666. The number of likely N-dealkylation sites (tertiary alicyclic amines) is 1. The summed E-state index contributed by atoms with van der Waals surface area (Å²) in [7, 11) is 0. The van der Waals surface area contributed by atoms with Gasteiger partial charge in [-0.25, -0.2) is 0 Å². The molecule has 3 atom stereocenters. The predicted molar refractivity (Wildman–Crippen MR) is 99.7 cm³/mol. The number of carbonyl (C=O) groups excluding carboxylic acids is 2. The zero-order valence-electron chi connectivity index (χ0n) is 14.8. The lowest BCUT2D eigenvalue weighted by atomic mass is 9.74. The van der Waals surface area contributed by atoms with Gasteiger partial charge in [-0.15, -0.1) is 0 Å². The van der Waals surface area contributed by atoms with Crippen molar-refractivity contribution in [2.75, 3.05) is 0 Å². The molecule has 6 heteroatoms. The van der Waals surface area contributed by atoms with E-state index in [-0.39, 0.29) is 29.3 Å². The lowest BCUT2D eigenvalue weighted by Crippen LogP contribution is -2.65. The fourth-order valence-corrected chi connectivity index (χ4v) is 4.19. The summed E-state index contributed by atoms with van der Waals surface area (Å²) >= 11 is 12.2. The molecule has 1 unspecified atom stereocenters. The lowest BCUT2D eigenvalue weighted by molar-refractivity contribution is -0.169. The summed E-state index contributed by atoms with van der Waals surface area (Å²) in [6, 6.07) is 4.64. The van der Waals surface area contributed by atoms with E-state index < -0.39 is 6.04 Å². The van der Waals surface area contributed by atoms with Crippen LogP contribution in [0.25, 0.3) is 0 Å². The van der Waals surface area contributed by atoms with Gasteiger partial charge in [-0.3, -0.25) is 9.59 Å². The van der Waals surface area contributed by atoms with Crippen LogP contribution in [0.5, 0.6) is 0 Å². The van der Waals surface area contributed by atoms with Gasteiger partial charge >= 0.3 is 0 Å². The molecule has 3 rings (SSSR count). The Morgan fingerprint density at radius 1 is 1.20 bits per heavy atom. The highest BCUT2D eigenvalue weighted by Gasteiger charge is 2.52. The van der Waals surface area contributed by atoms with E-state index in [1.54, 1.807) is 23.1 Å². The van der Waals surface area contributed by atoms with E-state index >= 15 is 0 Å². The molecule has 4 nitrogen and oxygen atoms in total. The van der Waals surface area contributed by atoms with Crippen molar-refractivity contribution >= 4 is 35.0 Å². The maximum absolute atomic E-state index is 13.0. The molecule has 0 bridgehead atoms. The van der Waals surface area contributed by atoms with Crippen molar-refractivity contribution < 1.29 is 9.59 Å². The van der Waals surface area contributed by atoms with Gasteiger partial charge in [0.2, 0.25) is 11.8 Å². The van der Waals surface area contributed by atoms with E-state index in [4.69, 9.17) is 23.2 Å². The van der Waals surface area contributed by atoms with Crippen molar-refractivity contribution in [2.24, 2.45) is 5.92 Å². The molecule has 2 fully saturated rings. The monoisotopic (exact) mass is 382 g/mol. The third-order valence-electron chi connectivity index (χ3n) is 4.94. The Balaban J connectivity index is 1.95. The van der Waals surface area contributed by atoms with Gasteiger partial charge in [0.05, 0.1) is 16.0 Å². The van der Waals surface area contributed by atoms with Gasteiger partial charge in [0.25, 0.3) is 0 Å². The smallest absolute Gasteiger partial charge is 0.247 e. The maximum atomic E-state index is 13.0. The van der Waals surface area contributed by atoms with Gasteiger partial charge in [0.1, 0.15) is 6.04 Å². The number of β-lactam (4-membered cyclic amide) rings is 1. The normalized spacial score (nSPS) is 24.4. The van der Waals surface area contributed by atoms with Crippen LogP contribution in [0.3, 0.4) is 0 Å². The molecule has 1 N–H and O–H groups in total. The lowest BCUT2D eigenvalue weighted by Gasteiger charge is -2.53. The van der Waals surface area contributed by atoms with Crippen molar-refractivity contribution in [1.29, 1.82) is 0 Å². The molecule has 1 saturated heterocycles. The quantitative estimate of drug-likeness (QED) is 0.789. The summed E-state index contributed by atoms with van der Waals surface area (Å²) in [5, 5.41) is 3.83. The molecule has 0 spiro atoms. The number of carbonyl (C=O) groups is 2. The molecular formula is C19H24Cl2N2O2. The standard InChI is InChI=1S/C19H24Cl2N2O2/c1-19(2,3)22-17(24)16(11-8-9-13(20)14(21)10-11)23-15-7-5-4-6-12(15)18(23)25/h8-10,12,15-16H,4-7H2,1-3H3,(H,22,24)/t12-,15+,16?/m1/s1. The van der Waals surface area contributed by atoms with E-state index in [9.17, 15) is 9.59 Å². The van der Waals surface area contributed by atoms with E-state index in [1.165, 1.54) is 0 Å². The second kappa shape index (κ2) is 6.81. The Bertz CT molecular complexity index is 699.